The van der Waals surface area contributed by atoms with Gasteiger partial charge in [-0.25, -0.2) is 4.98 Å². The lowest BCUT2D eigenvalue weighted by molar-refractivity contribution is 0.513. The van der Waals surface area contributed by atoms with Crippen molar-refractivity contribution in [1.82, 2.24) is 4.98 Å². The maximum Gasteiger partial charge on any atom is 0.182 e. The van der Waals surface area contributed by atoms with E-state index >= 15 is 0 Å². The SMILES string of the molecule is CC(C)C(CCCl)Nc1nccs1. The molecule has 0 saturated heterocycles. The number of halogens is 1. The van der Waals surface area contributed by atoms with E-state index in [2.05, 4.69) is 24.1 Å². The lowest BCUT2D eigenvalue weighted by Gasteiger charge is -2.20. The zero-order valence-corrected chi connectivity index (χ0v) is 9.53. The lowest BCUT2D eigenvalue weighted by atomic mass is 10.0. The van der Waals surface area contributed by atoms with Gasteiger partial charge in [-0.3, -0.25) is 0 Å². The fourth-order valence-corrected chi connectivity index (χ4v) is 1.97. The van der Waals surface area contributed by atoms with Gasteiger partial charge in [0.1, 0.15) is 0 Å². The lowest BCUT2D eigenvalue weighted by Crippen LogP contribution is -2.25. The first-order valence-corrected chi connectivity index (χ1v) is 5.87. The van der Waals surface area contributed by atoms with E-state index in [4.69, 9.17) is 11.6 Å². The van der Waals surface area contributed by atoms with E-state index in [-0.39, 0.29) is 0 Å². The van der Waals surface area contributed by atoms with Crippen LogP contribution in [0.25, 0.3) is 0 Å². The number of alkyl halides is 1. The van der Waals surface area contributed by atoms with Gasteiger partial charge in [0.2, 0.25) is 0 Å². The van der Waals surface area contributed by atoms with E-state index in [0.29, 0.717) is 17.8 Å². The predicted molar refractivity (Wildman–Crippen MR) is 59.7 cm³/mol. The second kappa shape index (κ2) is 5.45. The Labute approximate surface area is 88.3 Å². The summed E-state index contributed by atoms with van der Waals surface area (Å²) in [6.45, 7) is 4.38. The number of nitrogens with zero attached hydrogens (tertiary/aromatic N) is 1. The van der Waals surface area contributed by atoms with Crippen molar-refractivity contribution in [3.8, 4) is 0 Å². The molecular weight excluding hydrogens is 204 g/mol. The van der Waals surface area contributed by atoms with Crippen molar-refractivity contribution in [1.29, 1.82) is 0 Å². The van der Waals surface area contributed by atoms with Crippen molar-refractivity contribution >= 4 is 28.1 Å². The Hall–Kier alpha value is -0.280. The summed E-state index contributed by atoms with van der Waals surface area (Å²) in [5.74, 6) is 1.28. The van der Waals surface area contributed by atoms with Crippen LogP contribution in [0.5, 0.6) is 0 Å². The third kappa shape index (κ3) is 3.53. The minimum absolute atomic E-state index is 0.434. The molecule has 1 unspecified atom stereocenters. The van der Waals surface area contributed by atoms with Crippen LogP contribution in [-0.2, 0) is 0 Å². The molecule has 0 aliphatic carbocycles. The quantitative estimate of drug-likeness (QED) is 0.768. The minimum atomic E-state index is 0.434. The monoisotopic (exact) mass is 218 g/mol. The van der Waals surface area contributed by atoms with E-state index in [1.165, 1.54) is 0 Å². The number of aromatic nitrogens is 1. The van der Waals surface area contributed by atoms with Gasteiger partial charge in [0.25, 0.3) is 0 Å². The molecule has 4 heteroatoms. The molecule has 2 nitrogen and oxygen atoms in total. The Balaban J connectivity index is 2.47. The molecule has 74 valence electrons. The van der Waals surface area contributed by atoms with Gasteiger partial charge in [0.15, 0.2) is 5.13 Å². The minimum Gasteiger partial charge on any atom is -0.358 e. The summed E-state index contributed by atoms with van der Waals surface area (Å²) in [4.78, 5) is 4.19. The highest BCUT2D eigenvalue weighted by Crippen LogP contribution is 2.17. The maximum absolute atomic E-state index is 5.72. The van der Waals surface area contributed by atoms with Gasteiger partial charge in [0.05, 0.1) is 0 Å². The first-order valence-electron chi connectivity index (χ1n) is 4.46. The van der Waals surface area contributed by atoms with Crippen LogP contribution >= 0.6 is 22.9 Å². The number of rotatable bonds is 5. The fraction of sp³-hybridized carbons (Fsp3) is 0.667. The second-order valence-corrected chi connectivity index (χ2v) is 4.58. The van der Waals surface area contributed by atoms with Crippen LogP contribution in [0.4, 0.5) is 5.13 Å². The summed E-state index contributed by atoms with van der Waals surface area (Å²) in [5, 5.41) is 6.34. The van der Waals surface area contributed by atoms with Crippen LogP contribution in [0, 0.1) is 5.92 Å². The van der Waals surface area contributed by atoms with Crippen molar-refractivity contribution in [2.24, 2.45) is 5.92 Å². The molecule has 1 aromatic rings. The molecule has 0 fully saturated rings. The fourth-order valence-electron chi connectivity index (χ4n) is 1.14. The number of nitrogens with one attached hydrogen (secondary N) is 1. The Morgan fingerprint density at radius 3 is 2.85 bits per heavy atom. The molecule has 0 bridgehead atoms. The molecule has 0 aliphatic rings. The van der Waals surface area contributed by atoms with E-state index in [1.807, 2.05) is 11.6 Å². The third-order valence-corrected chi connectivity index (χ3v) is 2.89. The summed E-state index contributed by atoms with van der Waals surface area (Å²) < 4.78 is 0. The first-order chi connectivity index (χ1) is 6.24. The van der Waals surface area contributed by atoms with Crippen molar-refractivity contribution in [2.75, 3.05) is 11.2 Å². The molecule has 0 saturated carbocycles. The van der Waals surface area contributed by atoms with E-state index < -0.39 is 0 Å². The molecule has 0 aromatic carbocycles. The van der Waals surface area contributed by atoms with Crippen LogP contribution in [-0.4, -0.2) is 16.9 Å². The molecule has 1 heterocycles. The molecule has 0 spiro atoms. The zero-order valence-electron chi connectivity index (χ0n) is 7.96. The molecule has 1 aromatic heterocycles. The number of hydrogen-bond acceptors (Lipinski definition) is 3. The summed E-state index contributed by atoms with van der Waals surface area (Å²) in [5.41, 5.74) is 0. The Kier molecular flexibility index (Phi) is 4.53. The van der Waals surface area contributed by atoms with Gasteiger partial charge in [-0.1, -0.05) is 13.8 Å². The topological polar surface area (TPSA) is 24.9 Å². The first kappa shape index (κ1) is 10.8. The van der Waals surface area contributed by atoms with Crippen LogP contribution in [0.2, 0.25) is 0 Å². The third-order valence-electron chi connectivity index (χ3n) is 1.97. The molecule has 13 heavy (non-hydrogen) atoms. The number of hydrogen-bond donors (Lipinski definition) is 1. The smallest absolute Gasteiger partial charge is 0.182 e. The Morgan fingerprint density at radius 2 is 2.38 bits per heavy atom. The van der Waals surface area contributed by atoms with Gasteiger partial charge in [-0.05, 0) is 12.3 Å². The maximum atomic E-state index is 5.72. The van der Waals surface area contributed by atoms with Gasteiger partial charge < -0.3 is 5.32 Å². The highest BCUT2D eigenvalue weighted by atomic mass is 35.5. The zero-order chi connectivity index (χ0) is 9.68. The van der Waals surface area contributed by atoms with Crippen molar-refractivity contribution < 1.29 is 0 Å². The predicted octanol–water partition coefficient (Wildman–Crippen LogP) is 3.21. The van der Waals surface area contributed by atoms with Gasteiger partial charge in [0, 0.05) is 23.5 Å². The Bertz CT molecular complexity index is 224. The summed E-state index contributed by atoms with van der Waals surface area (Å²) in [6.07, 6.45) is 2.80. The van der Waals surface area contributed by atoms with Crippen molar-refractivity contribution in [3.05, 3.63) is 11.6 Å². The van der Waals surface area contributed by atoms with E-state index in [0.717, 1.165) is 11.6 Å². The van der Waals surface area contributed by atoms with Crippen LogP contribution in [0.3, 0.4) is 0 Å². The van der Waals surface area contributed by atoms with Crippen LogP contribution < -0.4 is 5.32 Å². The molecule has 1 N–H and O–H groups in total. The van der Waals surface area contributed by atoms with Crippen LogP contribution in [0.1, 0.15) is 20.3 Å². The highest BCUT2D eigenvalue weighted by Gasteiger charge is 2.12. The average molecular weight is 219 g/mol. The molecule has 0 radical (unpaired) electrons. The van der Waals surface area contributed by atoms with Gasteiger partial charge in [-0.15, -0.1) is 22.9 Å². The van der Waals surface area contributed by atoms with E-state index in [1.54, 1.807) is 11.3 Å². The molecular formula is C9H15ClN2S. The molecule has 0 amide bonds. The number of anilines is 1. The van der Waals surface area contributed by atoms with Crippen molar-refractivity contribution in [2.45, 2.75) is 26.3 Å². The summed E-state index contributed by atoms with van der Waals surface area (Å²) in [7, 11) is 0. The normalized spacial score (nSPS) is 13.2. The average Bonchev–Trinajstić information content (AvgIpc) is 2.56. The largest absolute Gasteiger partial charge is 0.358 e. The van der Waals surface area contributed by atoms with Crippen LogP contribution in [0.15, 0.2) is 11.6 Å². The molecule has 1 rings (SSSR count). The highest BCUT2D eigenvalue weighted by molar-refractivity contribution is 7.13. The van der Waals surface area contributed by atoms with Gasteiger partial charge in [-0.2, -0.15) is 0 Å². The number of thiazole rings is 1. The van der Waals surface area contributed by atoms with Crippen molar-refractivity contribution in [3.63, 3.8) is 0 Å². The molecule has 0 aliphatic heterocycles. The summed E-state index contributed by atoms with van der Waals surface area (Å²) in [6, 6.07) is 0.434. The standard InChI is InChI=1S/C9H15ClN2S/c1-7(2)8(3-4-10)12-9-11-5-6-13-9/h5-8H,3-4H2,1-2H3,(H,11,12). The summed E-state index contributed by atoms with van der Waals surface area (Å²) >= 11 is 7.35. The van der Waals surface area contributed by atoms with Gasteiger partial charge >= 0.3 is 0 Å². The van der Waals surface area contributed by atoms with E-state index in [9.17, 15) is 0 Å². The Morgan fingerprint density at radius 1 is 1.62 bits per heavy atom. The second-order valence-electron chi connectivity index (χ2n) is 3.31. The molecule has 1 atom stereocenters.